The van der Waals surface area contributed by atoms with Gasteiger partial charge in [-0.2, -0.15) is 0 Å². The number of thioether (sulfide) groups is 1. The Hall–Kier alpha value is -3.55. The maximum Gasteiger partial charge on any atom is 0.341 e. The van der Waals surface area contributed by atoms with Gasteiger partial charge in [-0.15, -0.1) is 11.8 Å². The largest absolute Gasteiger partial charge is 0.477 e. The summed E-state index contributed by atoms with van der Waals surface area (Å²) in [5.74, 6) is -2.05. The first kappa shape index (κ1) is 25.7. The van der Waals surface area contributed by atoms with Gasteiger partial charge in [0, 0.05) is 44.3 Å². The number of rotatable bonds is 5. The molecular weight excluding hydrogens is 548 g/mol. The van der Waals surface area contributed by atoms with Crippen molar-refractivity contribution < 1.29 is 23.5 Å². The lowest BCUT2D eigenvalue weighted by molar-refractivity contribution is -0.116. The number of aromatic carboxylic acids is 1. The zero-order valence-electron chi connectivity index (χ0n) is 20.8. The number of thiazole rings is 1. The first-order valence-electron chi connectivity index (χ1n) is 12.3. The van der Waals surface area contributed by atoms with E-state index >= 15 is 4.39 Å². The summed E-state index contributed by atoms with van der Waals surface area (Å²) >= 11 is 2.78. The van der Waals surface area contributed by atoms with Gasteiger partial charge in [0.2, 0.25) is 11.3 Å². The molecule has 2 fully saturated rings. The van der Waals surface area contributed by atoms with Crippen LogP contribution in [0.2, 0.25) is 0 Å². The third-order valence-electron chi connectivity index (χ3n) is 7.08. The molecule has 2 aliphatic heterocycles. The molecule has 4 heterocycles. The minimum Gasteiger partial charge on any atom is -0.477 e. The molecule has 4 aromatic rings. The van der Waals surface area contributed by atoms with Crippen LogP contribution in [-0.2, 0) is 11.3 Å². The second-order valence-corrected chi connectivity index (χ2v) is 11.4. The van der Waals surface area contributed by atoms with Crippen molar-refractivity contribution in [3.05, 3.63) is 63.9 Å². The van der Waals surface area contributed by atoms with Crippen molar-refractivity contribution >= 4 is 66.9 Å². The van der Waals surface area contributed by atoms with Gasteiger partial charge in [0.15, 0.2) is 5.13 Å². The lowest BCUT2D eigenvalue weighted by atomic mass is 10.1. The van der Waals surface area contributed by atoms with Crippen LogP contribution in [0, 0.1) is 11.6 Å². The number of piperazine rings is 1. The fourth-order valence-electron chi connectivity index (χ4n) is 5.11. The molecule has 0 spiro atoms. The molecule has 6 rings (SSSR count). The van der Waals surface area contributed by atoms with E-state index in [1.165, 1.54) is 41.4 Å². The van der Waals surface area contributed by atoms with E-state index in [9.17, 15) is 23.9 Å². The van der Waals surface area contributed by atoms with Gasteiger partial charge in [-0.1, -0.05) is 11.3 Å². The average molecular weight is 572 g/mol. The maximum atomic E-state index is 15.3. The third-order valence-corrected chi connectivity index (χ3v) is 9.32. The number of nitrogens with zero attached hydrogens (tertiary/aromatic N) is 5. The summed E-state index contributed by atoms with van der Waals surface area (Å²) in [5, 5.41) is 9.93. The molecule has 2 saturated heterocycles. The number of aromatic nitrogens is 2. The zero-order chi connectivity index (χ0) is 27.4. The molecule has 1 atom stereocenters. The molecule has 9 nitrogen and oxygen atoms in total. The minimum absolute atomic E-state index is 0.0314. The number of amides is 1. The first-order chi connectivity index (χ1) is 18.7. The van der Waals surface area contributed by atoms with Crippen LogP contribution < -0.4 is 15.2 Å². The summed E-state index contributed by atoms with van der Waals surface area (Å²) in [6.45, 7) is 4.31. The summed E-state index contributed by atoms with van der Waals surface area (Å²) in [6.07, 6.45) is 1.30. The van der Waals surface area contributed by atoms with Gasteiger partial charge in [-0.3, -0.25) is 19.4 Å². The van der Waals surface area contributed by atoms with Crippen LogP contribution in [0.1, 0.15) is 17.3 Å². The van der Waals surface area contributed by atoms with E-state index in [1.54, 1.807) is 21.6 Å². The lowest BCUT2D eigenvalue weighted by Gasteiger charge is -2.40. The summed E-state index contributed by atoms with van der Waals surface area (Å²) in [7, 11) is 0. The quantitative estimate of drug-likeness (QED) is 0.387. The first-order valence-corrected chi connectivity index (χ1v) is 14.2. The van der Waals surface area contributed by atoms with E-state index in [2.05, 4.69) is 9.88 Å². The van der Waals surface area contributed by atoms with E-state index in [0.29, 0.717) is 65.0 Å². The smallest absolute Gasteiger partial charge is 0.341 e. The fraction of sp³-hybridized carbons (Fsp3) is 0.308. The highest BCUT2D eigenvalue weighted by molar-refractivity contribution is 8.01. The van der Waals surface area contributed by atoms with Crippen LogP contribution in [0.25, 0.3) is 21.1 Å². The van der Waals surface area contributed by atoms with Crippen molar-refractivity contribution in [2.45, 2.75) is 19.0 Å². The summed E-state index contributed by atoms with van der Waals surface area (Å²) in [6, 6.07) is 7.10. The predicted molar refractivity (Wildman–Crippen MR) is 148 cm³/mol. The average Bonchev–Trinajstić information content (AvgIpc) is 3.51. The minimum atomic E-state index is -1.35. The van der Waals surface area contributed by atoms with Gasteiger partial charge in [0.1, 0.15) is 22.7 Å². The number of fused-ring (bicyclic) bond motifs is 2. The van der Waals surface area contributed by atoms with E-state index in [0.717, 1.165) is 6.07 Å². The highest BCUT2D eigenvalue weighted by Crippen LogP contribution is 2.38. The van der Waals surface area contributed by atoms with E-state index in [4.69, 9.17) is 0 Å². The number of aryl methyl sites for hydroxylation is 1. The van der Waals surface area contributed by atoms with Crippen molar-refractivity contribution in [1.29, 1.82) is 0 Å². The summed E-state index contributed by atoms with van der Waals surface area (Å²) in [4.78, 5) is 47.3. The van der Waals surface area contributed by atoms with Crippen LogP contribution in [0.4, 0.5) is 19.6 Å². The number of carbonyl (C=O) groups excluding carboxylic acids is 1. The van der Waals surface area contributed by atoms with Crippen LogP contribution in [0.5, 0.6) is 0 Å². The second-order valence-electron chi connectivity index (χ2n) is 9.32. The van der Waals surface area contributed by atoms with Gasteiger partial charge in [-0.25, -0.2) is 18.6 Å². The molecule has 39 heavy (non-hydrogen) atoms. The number of halogens is 2. The molecule has 1 amide bonds. The standard InChI is InChI=1S/C26H23F2N5O4S2/c1-2-30-12-16(24(36)37)23(35)15-10-17(28)20(11-19(15)30)31-5-7-32(8-6-31)26-33(22(34)13-38-26)25-29-18-4-3-14(27)9-21(18)39-25/h3-4,9-12,26H,2,5-8,13H2,1H3,(H,36,37). The number of anilines is 2. The summed E-state index contributed by atoms with van der Waals surface area (Å²) < 4.78 is 31.3. The molecule has 0 aliphatic carbocycles. The number of hydrogen-bond acceptors (Lipinski definition) is 8. The molecule has 0 radical (unpaired) electrons. The monoisotopic (exact) mass is 571 g/mol. The Morgan fingerprint density at radius 2 is 1.90 bits per heavy atom. The Kier molecular flexibility index (Phi) is 6.52. The van der Waals surface area contributed by atoms with Crippen LogP contribution >= 0.6 is 23.1 Å². The van der Waals surface area contributed by atoms with Crippen molar-refractivity contribution in [2.24, 2.45) is 0 Å². The molecule has 1 unspecified atom stereocenters. The normalized spacial score (nSPS) is 18.5. The van der Waals surface area contributed by atoms with Gasteiger partial charge in [-0.05, 0) is 37.3 Å². The molecular formula is C26H23F2N5O4S2. The Bertz CT molecular complexity index is 1700. The van der Waals surface area contributed by atoms with Crippen LogP contribution in [-0.4, -0.2) is 68.9 Å². The maximum absolute atomic E-state index is 15.3. The molecule has 2 aliphatic rings. The van der Waals surface area contributed by atoms with Crippen molar-refractivity contribution in [3.63, 3.8) is 0 Å². The number of carbonyl (C=O) groups is 2. The lowest BCUT2D eigenvalue weighted by Crippen LogP contribution is -2.54. The van der Waals surface area contributed by atoms with Crippen molar-refractivity contribution in [1.82, 2.24) is 14.5 Å². The highest BCUT2D eigenvalue weighted by Gasteiger charge is 2.40. The number of carboxylic acids is 1. The highest BCUT2D eigenvalue weighted by atomic mass is 32.2. The SMILES string of the molecule is CCn1cc(C(=O)O)c(=O)c2cc(F)c(N3CCN(C4SCC(=O)N4c4nc5ccc(F)cc5s4)CC3)cc21. The predicted octanol–water partition coefficient (Wildman–Crippen LogP) is 3.79. The number of benzene rings is 2. The number of pyridine rings is 1. The molecule has 202 valence electrons. The van der Waals surface area contributed by atoms with Gasteiger partial charge in [0.05, 0.1) is 27.2 Å². The third kappa shape index (κ3) is 4.43. The van der Waals surface area contributed by atoms with Crippen molar-refractivity contribution in [3.8, 4) is 0 Å². The van der Waals surface area contributed by atoms with E-state index in [-0.39, 0.29) is 22.6 Å². The molecule has 13 heteroatoms. The van der Waals surface area contributed by atoms with Crippen LogP contribution in [0.3, 0.4) is 0 Å². The van der Waals surface area contributed by atoms with E-state index < -0.39 is 22.8 Å². The second kappa shape index (κ2) is 9.88. The molecule has 2 aromatic heterocycles. The van der Waals surface area contributed by atoms with Gasteiger partial charge in [0.25, 0.3) is 0 Å². The van der Waals surface area contributed by atoms with Gasteiger partial charge >= 0.3 is 5.97 Å². The van der Waals surface area contributed by atoms with Gasteiger partial charge < -0.3 is 14.6 Å². The fourth-order valence-corrected chi connectivity index (χ4v) is 7.43. The zero-order valence-corrected chi connectivity index (χ0v) is 22.4. The molecule has 0 saturated carbocycles. The number of carboxylic acid groups (broad SMARTS) is 1. The summed E-state index contributed by atoms with van der Waals surface area (Å²) in [5.41, 5.74) is 0.0760. The van der Waals surface area contributed by atoms with E-state index in [1.807, 2.05) is 11.8 Å². The Morgan fingerprint density at radius 3 is 2.62 bits per heavy atom. The Labute approximate surface area is 229 Å². The Balaban J connectivity index is 1.25. The topological polar surface area (TPSA) is 99.0 Å². The number of hydrogen-bond donors (Lipinski definition) is 1. The molecule has 1 N–H and O–H groups in total. The van der Waals surface area contributed by atoms with Crippen LogP contribution in [0.15, 0.2) is 41.3 Å². The Morgan fingerprint density at radius 1 is 1.13 bits per heavy atom. The molecule has 2 aromatic carbocycles. The van der Waals surface area contributed by atoms with Crippen molar-refractivity contribution in [2.75, 3.05) is 41.7 Å². The molecule has 0 bridgehead atoms.